The maximum atomic E-state index is 11.3. The van der Waals surface area contributed by atoms with E-state index in [0.717, 1.165) is 45.4 Å². The first-order chi connectivity index (χ1) is 8.49. The van der Waals surface area contributed by atoms with E-state index in [4.69, 9.17) is 0 Å². The molecule has 0 spiro atoms. The van der Waals surface area contributed by atoms with E-state index >= 15 is 0 Å². The van der Waals surface area contributed by atoms with Gasteiger partial charge in [0.15, 0.2) is 9.84 Å². The van der Waals surface area contributed by atoms with E-state index in [2.05, 4.69) is 24.5 Å². The van der Waals surface area contributed by atoms with Crippen molar-refractivity contribution in [3.05, 3.63) is 0 Å². The van der Waals surface area contributed by atoms with E-state index in [-0.39, 0.29) is 0 Å². The number of rotatable bonds is 9. The molecule has 2 N–H and O–H groups in total. The Bertz CT molecular complexity index is 315. The lowest BCUT2D eigenvalue weighted by atomic mass is 10.1. The van der Waals surface area contributed by atoms with Crippen LogP contribution >= 0.6 is 0 Å². The van der Waals surface area contributed by atoms with Crippen LogP contribution in [0, 0.1) is 11.8 Å². The zero-order valence-electron chi connectivity index (χ0n) is 11.7. The van der Waals surface area contributed by atoms with Gasteiger partial charge in [0.05, 0.1) is 11.5 Å². The second-order valence-electron chi connectivity index (χ2n) is 5.76. The summed E-state index contributed by atoms with van der Waals surface area (Å²) in [5.74, 6) is 1.91. The molecule has 0 aromatic carbocycles. The van der Waals surface area contributed by atoms with E-state index in [1.54, 1.807) is 0 Å². The van der Waals surface area contributed by atoms with Gasteiger partial charge in [-0.05, 0) is 57.3 Å². The molecule has 1 saturated heterocycles. The Labute approximate surface area is 112 Å². The first-order valence-electron chi connectivity index (χ1n) is 7.11. The van der Waals surface area contributed by atoms with Gasteiger partial charge in [-0.25, -0.2) is 8.42 Å². The normalized spacial score (nSPS) is 22.7. The van der Waals surface area contributed by atoms with E-state index in [0.29, 0.717) is 23.3 Å². The van der Waals surface area contributed by atoms with Gasteiger partial charge >= 0.3 is 0 Å². The van der Waals surface area contributed by atoms with Crippen molar-refractivity contribution in [2.24, 2.45) is 11.8 Å². The largest absolute Gasteiger partial charge is 0.317 e. The molecular formula is C13H28N2O2S. The highest BCUT2D eigenvalue weighted by Crippen LogP contribution is 2.20. The quantitative estimate of drug-likeness (QED) is 0.618. The minimum Gasteiger partial charge on any atom is -0.317 e. The SMILES string of the molecule is CC(C)CNCCCNCCC1CCS(=O)(=O)C1. The fraction of sp³-hybridized carbons (Fsp3) is 1.00. The van der Waals surface area contributed by atoms with Crippen LogP contribution in [0.25, 0.3) is 0 Å². The monoisotopic (exact) mass is 276 g/mol. The van der Waals surface area contributed by atoms with E-state index < -0.39 is 9.84 Å². The third-order valence-electron chi connectivity index (χ3n) is 3.32. The molecule has 1 heterocycles. The van der Waals surface area contributed by atoms with Crippen LogP contribution in [0.1, 0.15) is 33.1 Å². The smallest absolute Gasteiger partial charge is 0.150 e. The summed E-state index contributed by atoms with van der Waals surface area (Å²) in [6.07, 6.45) is 2.99. The average Bonchev–Trinajstić information content (AvgIpc) is 2.62. The molecule has 108 valence electrons. The van der Waals surface area contributed by atoms with Crippen LogP contribution in [0.5, 0.6) is 0 Å². The predicted molar refractivity (Wildman–Crippen MR) is 76.6 cm³/mol. The summed E-state index contributed by atoms with van der Waals surface area (Å²) in [5, 5.41) is 6.80. The fourth-order valence-corrected chi connectivity index (χ4v) is 4.17. The lowest BCUT2D eigenvalue weighted by Gasteiger charge is -2.10. The lowest BCUT2D eigenvalue weighted by Crippen LogP contribution is -2.26. The van der Waals surface area contributed by atoms with Gasteiger partial charge in [0.1, 0.15) is 0 Å². The molecule has 0 amide bonds. The zero-order valence-corrected chi connectivity index (χ0v) is 12.6. The average molecular weight is 276 g/mol. The third kappa shape index (κ3) is 7.34. The Kier molecular flexibility index (Phi) is 7.19. The van der Waals surface area contributed by atoms with E-state index in [9.17, 15) is 8.42 Å². The van der Waals surface area contributed by atoms with Crippen LogP contribution in [-0.4, -0.2) is 46.1 Å². The molecule has 0 bridgehead atoms. The van der Waals surface area contributed by atoms with Gasteiger partial charge < -0.3 is 10.6 Å². The summed E-state index contributed by atoms with van der Waals surface area (Å²) in [6, 6.07) is 0. The van der Waals surface area contributed by atoms with Crippen LogP contribution in [0.15, 0.2) is 0 Å². The summed E-state index contributed by atoms with van der Waals surface area (Å²) in [4.78, 5) is 0. The highest BCUT2D eigenvalue weighted by molar-refractivity contribution is 7.91. The van der Waals surface area contributed by atoms with Crippen molar-refractivity contribution in [3.63, 3.8) is 0 Å². The van der Waals surface area contributed by atoms with Gasteiger partial charge in [-0.1, -0.05) is 13.8 Å². The molecule has 1 atom stereocenters. The summed E-state index contributed by atoms with van der Waals surface area (Å²) < 4.78 is 22.5. The standard InChI is InChI=1S/C13H28N2O2S/c1-12(2)10-15-7-3-6-14-8-4-13-5-9-18(16,17)11-13/h12-15H,3-11H2,1-2H3. The summed E-state index contributed by atoms with van der Waals surface area (Å²) in [7, 11) is -2.70. The Morgan fingerprint density at radius 1 is 1.17 bits per heavy atom. The van der Waals surface area contributed by atoms with Crippen LogP contribution in [0.3, 0.4) is 0 Å². The van der Waals surface area contributed by atoms with Gasteiger partial charge in [0, 0.05) is 0 Å². The molecule has 0 aromatic heterocycles. The van der Waals surface area contributed by atoms with E-state index in [1.165, 1.54) is 0 Å². The second-order valence-corrected chi connectivity index (χ2v) is 7.99. The first kappa shape index (κ1) is 15.9. The second kappa shape index (κ2) is 8.12. The Balaban J connectivity index is 1.87. The molecule has 18 heavy (non-hydrogen) atoms. The van der Waals surface area contributed by atoms with Crippen LogP contribution in [0.4, 0.5) is 0 Å². The fourth-order valence-electron chi connectivity index (χ4n) is 2.26. The maximum absolute atomic E-state index is 11.3. The minimum absolute atomic E-state index is 0.390. The van der Waals surface area contributed by atoms with Gasteiger partial charge in [-0.3, -0.25) is 0 Å². The van der Waals surface area contributed by atoms with Gasteiger partial charge in [-0.2, -0.15) is 0 Å². The van der Waals surface area contributed by atoms with Crippen molar-refractivity contribution in [2.75, 3.05) is 37.7 Å². The first-order valence-corrected chi connectivity index (χ1v) is 8.93. The summed E-state index contributed by atoms with van der Waals surface area (Å²) >= 11 is 0. The highest BCUT2D eigenvalue weighted by atomic mass is 32.2. The molecule has 1 fully saturated rings. The summed E-state index contributed by atoms with van der Waals surface area (Å²) in [5.41, 5.74) is 0. The lowest BCUT2D eigenvalue weighted by molar-refractivity contribution is 0.493. The number of sulfone groups is 1. The van der Waals surface area contributed by atoms with Crippen molar-refractivity contribution in [1.82, 2.24) is 10.6 Å². The molecule has 0 aromatic rings. The minimum atomic E-state index is -2.70. The van der Waals surface area contributed by atoms with E-state index in [1.807, 2.05) is 0 Å². The van der Waals surface area contributed by atoms with Crippen molar-refractivity contribution >= 4 is 9.84 Å². The molecule has 0 saturated carbocycles. The van der Waals surface area contributed by atoms with Crippen LogP contribution in [-0.2, 0) is 9.84 Å². The Morgan fingerprint density at radius 3 is 2.50 bits per heavy atom. The summed E-state index contributed by atoms with van der Waals surface area (Å²) in [6.45, 7) is 8.53. The topological polar surface area (TPSA) is 58.2 Å². The van der Waals surface area contributed by atoms with Gasteiger partial charge in [0.2, 0.25) is 0 Å². The van der Waals surface area contributed by atoms with Crippen molar-refractivity contribution in [1.29, 1.82) is 0 Å². The molecule has 0 radical (unpaired) electrons. The molecule has 5 heteroatoms. The molecule has 4 nitrogen and oxygen atoms in total. The molecule has 0 aliphatic carbocycles. The molecule has 1 aliphatic rings. The molecule has 1 rings (SSSR count). The maximum Gasteiger partial charge on any atom is 0.150 e. The van der Waals surface area contributed by atoms with Crippen molar-refractivity contribution < 1.29 is 8.42 Å². The number of nitrogens with one attached hydrogen (secondary N) is 2. The predicted octanol–water partition coefficient (Wildman–Crippen LogP) is 1.04. The van der Waals surface area contributed by atoms with Crippen LogP contribution in [0.2, 0.25) is 0 Å². The van der Waals surface area contributed by atoms with Crippen molar-refractivity contribution in [3.8, 4) is 0 Å². The molecule has 1 aliphatic heterocycles. The zero-order chi connectivity index (χ0) is 13.4. The Hall–Kier alpha value is -0.130. The van der Waals surface area contributed by atoms with Gasteiger partial charge in [-0.15, -0.1) is 0 Å². The molecular weight excluding hydrogens is 248 g/mol. The Morgan fingerprint density at radius 2 is 1.89 bits per heavy atom. The van der Waals surface area contributed by atoms with Gasteiger partial charge in [0.25, 0.3) is 0 Å². The third-order valence-corrected chi connectivity index (χ3v) is 5.15. The van der Waals surface area contributed by atoms with Crippen LogP contribution < -0.4 is 10.6 Å². The molecule has 1 unspecified atom stereocenters. The highest BCUT2D eigenvalue weighted by Gasteiger charge is 2.26. The van der Waals surface area contributed by atoms with Crippen molar-refractivity contribution in [2.45, 2.75) is 33.1 Å². The number of hydrogen-bond acceptors (Lipinski definition) is 4. The number of hydrogen-bond donors (Lipinski definition) is 2.